The molecule has 2 amide bonds. The SMILES string of the molecule is CNC(=O)c1cccc(-c2cnc3[nH]cc(CC(=O)NC4CCC4)c3c2)c1. The van der Waals surface area contributed by atoms with Crippen molar-refractivity contribution in [1.29, 1.82) is 0 Å². The Morgan fingerprint density at radius 3 is 2.81 bits per heavy atom. The summed E-state index contributed by atoms with van der Waals surface area (Å²) in [6.45, 7) is 0. The number of hydrogen-bond acceptors (Lipinski definition) is 3. The lowest BCUT2D eigenvalue weighted by molar-refractivity contribution is -0.121. The number of carbonyl (C=O) groups excluding carboxylic acids is 2. The number of hydrogen-bond donors (Lipinski definition) is 3. The molecule has 1 aliphatic rings. The highest BCUT2D eigenvalue weighted by Crippen LogP contribution is 2.26. The van der Waals surface area contributed by atoms with E-state index in [2.05, 4.69) is 20.6 Å². The molecule has 0 saturated heterocycles. The van der Waals surface area contributed by atoms with Crippen molar-refractivity contribution >= 4 is 22.8 Å². The van der Waals surface area contributed by atoms with Crippen LogP contribution in [0.15, 0.2) is 42.7 Å². The summed E-state index contributed by atoms with van der Waals surface area (Å²) in [5.41, 5.74) is 4.11. The quantitative estimate of drug-likeness (QED) is 0.652. The fraction of sp³-hybridized carbons (Fsp3) is 0.286. The lowest BCUT2D eigenvalue weighted by Gasteiger charge is -2.26. The third kappa shape index (κ3) is 3.56. The standard InChI is InChI=1S/C21H22N4O2/c1-22-21(27)14-5-2-4-13(8-14)15-9-18-16(12-24-20(18)23-11-15)10-19(26)25-17-6-3-7-17/h2,4-5,8-9,11-12,17H,3,6-7,10H2,1H3,(H,22,27)(H,23,24)(H,25,26). The molecule has 1 saturated carbocycles. The lowest BCUT2D eigenvalue weighted by Crippen LogP contribution is -2.40. The maximum absolute atomic E-state index is 12.3. The molecule has 3 N–H and O–H groups in total. The van der Waals surface area contributed by atoms with E-state index in [4.69, 9.17) is 0 Å². The van der Waals surface area contributed by atoms with Crippen LogP contribution in [0.4, 0.5) is 0 Å². The predicted molar refractivity (Wildman–Crippen MR) is 104 cm³/mol. The molecule has 6 nitrogen and oxygen atoms in total. The summed E-state index contributed by atoms with van der Waals surface area (Å²) in [5, 5.41) is 6.64. The van der Waals surface area contributed by atoms with E-state index in [0.29, 0.717) is 18.0 Å². The number of fused-ring (bicyclic) bond motifs is 1. The molecule has 1 aliphatic carbocycles. The first-order chi connectivity index (χ1) is 13.1. The normalized spacial score (nSPS) is 14.0. The van der Waals surface area contributed by atoms with Crippen LogP contribution in [0.2, 0.25) is 0 Å². The van der Waals surface area contributed by atoms with Gasteiger partial charge in [0.25, 0.3) is 5.91 Å². The zero-order valence-electron chi connectivity index (χ0n) is 15.2. The molecule has 1 fully saturated rings. The Balaban J connectivity index is 1.61. The van der Waals surface area contributed by atoms with Crippen LogP contribution in [0.3, 0.4) is 0 Å². The van der Waals surface area contributed by atoms with E-state index in [-0.39, 0.29) is 11.8 Å². The number of aromatic amines is 1. The highest BCUT2D eigenvalue weighted by atomic mass is 16.2. The highest BCUT2D eigenvalue weighted by molar-refractivity contribution is 5.96. The average Bonchev–Trinajstić information content (AvgIpc) is 3.06. The number of benzene rings is 1. The Hall–Kier alpha value is -3.15. The monoisotopic (exact) mass is 362 g/mol. The Kier molecular flexibility index (Phi) is 4.62. The number of aromatic nitrogens is 2. The van der Waals surface area contributed by atoms with E-state index in [1.165, 1.54) is 6.42 Å². The smallest absolute Gasteiger partial charge is 0.251 e. The van der Waals surface area contributed by atoms with Crippen LogP contribution >= 0.6 is 0 Å². The number of pyridine rings is 1. The van der Waals surface area contributed by atoms with Gasteiger partial charge in [0.2, 0.25) is 5.91 Å². The molecule has 6 heteroatoms. The Labute approximate surface area is 157 Å². The fourth-order valence-corrected chi connectivity index (χ4v) is 3.35. The van der Waals surface area contributed by atoms with Gasteiger partial charge in [-0.25, -0.2) is 4.98 Å². The molecular weight excluding hydrogens is 340 g/mol. The van der Waals surface area contributed by atoms with Crippen LogP contribution in [0, 0.1) is 0 Å². The Bertz CT molecular complexity index is 1000. The lowest BCUT2D eigenvalue weighted by atomic mass is 9.93. The van der Waals surface area contributed by atoms with Crippen LogP contribution in [0.5, 0.6) is 0 Å². The number of nitrogens with one attached hydrogen (secondary N) is 3. The van der Waals surface area contributed by atoms with Gasteiger partial charge in [-0.2, -0.15) is 0 Å². The summed E-state index contributed by atoms with van der Waals surface area (Å²) in [6.07, 6.45) is 7.31. The van der Waals surface area contributed by atoms with Crippen LogP contribution < -0.4 is 10.6 Å². The van der Waals surface area contributed by atoms with Crippen LogP contribution in [0.1, 0.15) is 35.2 Å². The molecule has 0 bridgehead atoms. The maximum Gasteiger partial charge on any atom is 0.251 e. The molecule has 3 aromatic rings. The largest absolute Gasteiger partial charge is 0.355 e. The molecule has 0 radical (unpaired) electrons. The molecular formula is C21H22N4O2. The average molecular weight is 362 g/mol. The Morgan fingerprint density at radius 2 is 2.07 bits per heavy atom. The number of carbonyl (C=O) groups is 2. The molecule has 0 spiro atoms. The van der Waals surface area contributed by atoms with Gasteiger partial charge in [-0.1, -0.05) is 12.1 Å². The summed E-state index contributed by atoms with van der Waals surface area (Å²) in [5.74, 6) is -0.0755. The molecule has 0 atom stereocenters. The summed E-state index contributed by atoms with van der Waals surface area (Å²) < 4.78 is 0. The third-order valence-electron chi connectivity index (χ3n) is 5.12. The van der Waals surface area contributed by atoms with Crippen molar-refractivity contribution in [3.8, 4) is 11.1 Å². The molecule has 2 aromatic heterocycles. The van der Waals surface area contributed by atoms with Crippen LogP contribution in [0.25, 0.3) is 22.2 Å². The van der Waals surface area contributed by atoms with E-state index in [1.807, 2.05) is 30.5 Å². The minimum atomic E-state index is -0.124. The van der Waals surface area contributed by atoms with Gasteiger partial charge in [0.15, 0.2) is 0 Å². The second-order valence-corrected chi connectivity index (χ2v) is 6.97. The first-order valence-corrected chi connectivity index (χ1v) is 9.22. The van der Waals surface area contributed by atoms with Gasteiger partial charge in [0.1, 0.15) is 5.65 Å². The van der Waals surface area contributed by atoms with Gasteiger partial charge >= 0.3 is 0 Å². The van der Waals surface area contributed by atoms with Crippen molar-refractivity contribution < 1.29 is 9.59 Å². The summed E-state index contributed by atoms with van der Waals surface area (Å²) in [4.78, 5) is 31.8. The minimum absolute atomic E-state index is 0.0487. The third-order valence-corrected chi connectivity index (χ3v) is 5.12. The van der Waals surface area contributed by atoms with E-state index in [0.717, 1.165) is 40.6 Å². The van der Waals surface area contributed by atoms with Crippen molar-refractivity contribution in [2.75, 3.05) is 7.05 Å². The van der Waals surface area contributed by atoms with Crippen LogP contribution in [-0.4, -0.2) is 34.9 Å². The summed E-state index contributed by atoms with van der Waals surface area (Å²) >= 11 is 0. The fourth-order valence-electron chi connectivity index (χ4n) is 3.35. The van der Waals surface area contributed by atoms with Gasteiger partial charge in [-0.3, -0.25) is 9.59 Å². The predicted octanol–water partition coefficient (Wildman–Crippen LogP) is 2.80. The molecule has 0 unspecified atom stereocenters. The van der Waals surface area contributed by atoms with E-state index in [9.17, 15) is 9.59 Å². The van der Waals surface area contributed by atoms with E-state index < -0.39 is 0 Å². The second-order valence-electron chi connectivity index (χ2n) is 6.97. The zero-order chi connectivity index (χ0) is 18.8. The van der Waals surface area contributed by atoms with Crippen molar-refractivity contribution in [3.05, 3.63) is 53.9 Å². The van der Waals surface area contributed by atoms with Gasteiger partial charge in [0, 0.05) is 42.0 Å². The Morgan fingerprint density at radius 1 is 1.22 bits per heavy atom. The van der Waals surface area contributed by atoms with E-state index >= 15 is 0 Å². The zero-order valence-corrected chi connectivity index (χ0v) is 15.2. The second kappa shape index (κ2) is 7.23. The first-order valence-electron chi connectivity index (χ1n) is 9.22. The topological polar surface area (TPSA) is 86.9 Å². The van der Waals surface area contributed by atoms with Gasteiger partial charge in [-0.05, 0) is 48.6 Å². The first kappa shape index (κ1) is 17.3. The molecule has 1 aromatic carbocycles. The van der Waals surface area contributed by atoms with Gasteiger partial charge in [-0.15, -0.1) is 0 Å². The highest BCUT2D eigenvalue weighted by Gasteiger charge is 2.20. The molecule has 2 heterocycles. The van der Waals surface area contributed by atoms with Gasteiger partial charge in [0.05, 0.1) is 6.42 Å². The summed E-state index contributed by atoms with van der Waals surface area (Å²) in [6, 6.07) is 9.79. The van der Waals surface area contributed by atoms with Crippen LogP contribution in [-0.2, 0) is 11.2 Å². The molecule has 4 rings (SSSR count). The molecule has 138 valence electrons. The van der Waals surface area contributed by atoms with Crippen molar-refractivity contribution in [3.63, 3.8) is 0 Å². The number of amides is 2. The van der Waals surface area contributed by atoms with E-state index in [1.54, 1.807) is 19.3 Å². The number of rotatable bonds is 5. The number of H-pyrrole nitrogens is 1. The maximum atomic E-state index is 12.3. The molecule has 0 aliphatic heterocycles. The molecule has 27 heavy (non-hydrogen) atoms. The van der Waals surface area contributed by atoms with Crippen molar-refractivity contribution in [1.82, 2.24) is 20.6 Å². The van der Waals surface area contributed by atoms with Crippen molar-refractivity contribution in [2.45, 2.75) is 31.7 Å². The van der Waals surface area contributed by atoms with Crippen molar-refractivity contribution in [2.24, 2.45) is 0 Å². The summed E-state index contributed by atoms with van der Waals surface area (Å²) in [7, 11) is 1.61. The number of nitrogens with zero attached hydrogens (tertiary/aromatic N) is 1. The van der Waals surface area contributed by atoms with Gasteiger partial charge < -0.3 is 15.6 Å². The minimum Gasteiger partial charge on any atom is -0.355 e.